The molecule has 0 aliphatic rings. The second-order valence-corrected chi connectivity index (χ2v) is 8.20. The molecule has 0 saturated carbocycles. The van der Waals surface area contributed by atoms with Gasteiger partial charge in [-0.05, 0) is 25.5 Å². The van der Waals surface area contributed by atoms with Gasteiger partial charge < -0.3 is 10.1 Å². The Balaban J connectivity index is 1.67. The van der Waals surface area contributed by atoms with Crippen LogP contribution >= 0.6 is 23.1 Å². The third-order valence-corrected chi connectivity index (χ3v) is 6.30. The quantitative estimate of drug-likeness (QED) is 0.489. The van der Waals surface area contributed by atoms with Crippen molar-refractivity contribution in [3.05, 3.63) is 47.1 Å². The van der Waals surface area contributed by atoms with Gasteiger partial charge >= 0.3 is 0 Å². The molecule has 1 N–H and O–H groups in total. The molecule has 1 aromatic carbocycles. The van der Waals surface area contributed by atoms with Gasteiger partial charge in [-0.25, -0.2) is 9.97 Å². The molecule has 3 aromatic rings. The fraction of sp³-hybridized carbons (Fsp3) is 0.316. The van der Waals surface area contributed by atoms with Crippen molar-refractivity contribution in [2.75, 3.05) is 7.11 Å². The number of thiophene rings is 1. The van der Waals surface area contributed by atoms with Gasteiger partial charge in [-0.1, -0.05) is 36.9 Å². The number of nitrogens with one attached hydrogen (secondary N) is 1. The minimum atomic E-state index is -0.257. The number of hydrogen-bond donors (Lipinski definition) is 1. The molecular formula is C19H21N3O2S2. The summed E-state index contributed by atoms with van der Waals surface area (Å²) in [5, 5.41) is 4.60. The molecule has 1 atom stereocenters. The molecule has 5 nitrogen and oxygen atoms in total. The van der Waals surface area contributed by atoms with Gasteiger partial charge in [0.1, 0.15) is 21.9 Å². The smallest absolute Gasteiger partial charge is 0.233 e. The minimum absolute atomic E-state index is 0.0291. The fourth-order valence-electron chi connectivity index (χ4n) is 2.55. The van der Waals surface area contributed by atoms with Gasteiger partial charge in [-0.15, -0.1) is 11.3 Å². The Bertz CT molecular complexity index is 911. The molecular weight excluding hydrogens is 366 g/mol. The maximum absolute atomic E-state index is 12.5. The standard InChI is InChI=1S/C19H21N3O2S2/c1-4-14-9-15-18(21-11-22-19(15)26-14)25-12(2)17(23)20-10-13-7-5-6-8-16(13)24-3/h5-9,11-12H,4,10H2,1-3H3,(H,20,23). The number of methoxy groups -OCH3 is 1. The normalized spacial score (nSPS) is 12.1. The molecule has 1 unspecified atom stereocenters. The number of ether oxygens (including phenoxy) is 1. The van der Waals surface area contributed by atoms with Crippen LogP contribution in [0.2, 0.25) is 0 Å². The van der Waals surface area contributed by atoms with E-state index in [-0.39, 0.29) is 11.2 Å². The highest BCUT2D eigenvalue weighted by atomic mass is 32.2. The number of carbonyl (C=O) groups is 1. The molecule has 0 aliphatic carbocycles. The van der Waals surface area contributed by atoms with E-state index >= 15 is 0 Å². The zero-order valence-electron chi connectivity index (χ0n) is 15.0. The SMILES string of the molecule is CCc1cc2c(SC(C)C(=O)NCc3ccccc3OC)ncnc2s1. The first-order chi connectivity index (χ1) is 12.6. The minimum Gasteiger partial charge on any atom is -0.496 e. The molecule has 0 saturated heterocycles. The van der Waals surface area contributed by atoms with Crippen molar-refractivity contribution in [3.63, 3.8) is 0 Å². The molecule has 1 amide bonds. The van der Waals surface area contributed by atoms with E-state index in [1.165, 1.54) is 16.6 Å². The monoisotopic (exact) mass is 387 g/mol. The van der Waals surface area contributed by atoms with E-state index in [0.29, 0.717) is 6.54 Å². The Morgan fingerprint density at radius 3 is 2.92 bits per heavy atom. The van der Waals surface area contributed by atoms with Crippen LogP contribution in [0.15, 0.2) is 41.7 Å². The van der Waals surface area contributed by atoms with Crippen LogP contribution in [0, 0.1) is 0 Å². The molecule has 0 aliphatic heterocycles. The van der Waals surface area contributed by atoms with E-state index in [1.54, 1.807) is 24.8 Å². The Kier molecular flexibility index (Phi) is 6.11. The molecule has 0 radical (unpaired) electrons. The zero-order chi connectivity index (χ0) is 18.5. The second kappa shape index (κ2) is 8.51. The fourth-order valence-corrected chi connectivity index (χ4v) is 4.46. The van der Waals surface area contributed by atoms with E-state index in [0.717, 1.165) is 33.0 Å². The summed E-state index contributed by atoms with van der Waals surface area (Å²) in [6.07, 6.45) is 2.54. The summed E-state index contributed by atoms with van der Waals surface area (Å²) >= 11 is 3.14. The van der Waals surface area contributed by atoms with Crippen LogP contribution in [0.4, 0.5) is 0 Å². The lowest BCUT2D eigenvalue weighted by molar-refractivity contribution is -0.120. The van der Waals surface area contributed by atoms with Crippen molar-refractivity contribution >= 4 is 39.2 Å². The lowest BCUT2D eigenvalue weighted by Crippen LogP contribution is -2.30. The van der Waals surface area contributed by atoms with Gasteiger partial charge in [0, 0.05) is 22.4 Å². The van der Waals surface area contributed by atoms with Crippen molar-refractivity contribution in [1.29, 1.82) is 0 Å². The number of benzene rings is 1. The molecule has 26 heavy (non-hydrogen) atoms. The number of para-hydroxylation sites is 1. The Morgan fingerprint density at radius 2 is 2.15 bits per heavy atom. The van der Waals surface area contributed by atoms with E-state index in [1.807, 2.05) is 31.2 Å². The summed E-state index contributed by atoms with van der Waals surface area (Å²) < 4.78 is 5.32. The van der Waals surface area contributed by atoms with Crippen molar-refractivity contribution in [3.8, 4) is 5.75 Å². The van der Waals surface area contributed by atoms with Crippen molar-refractivity contribution in [1.82, 2.24) is 15.3 Å². The average molecular weight is 388 g/mol. The predicted octanol–water partition coefficient (Wildman–Crippen LogP) is 4.06. The first-order valence-electron chi connectivity index (χ1n) is 8.42. The first kappa shape index (κ1) is 18.7. The third kappa shape index (κ3) is 4.16. The van der Waals surface area contributed by atoms with E-state index in [4.69, 9.17) is 4.74 Å². The lowest BCUT2D eigenvalue weighted by Gasteiger charge is -2.13. The number of rotatable bonds is 7. The number of aromatic nitrogens is 2. The Morgan fingerprint density at radius 1 is 1.35 bits per heavy atom. The third-order valence-electron chi connectivity index (χ3n) is 4.00. The summed E-state index contributed by atoms with van der Waals surface area (Å²) in [5.41, 5.74) is 0.954. The first-order valence-corrected chi connectivity index (χ1v) is 10.1. The predicted molar refractivity (Wildman–Crippen MR) is 107 cm³/mol. The molecule has 3 rings (SSSR count). The Labute approximate surface area is 161 Å². The van der Waals surface area contributed by atoms with Crippen molar-refractivity contribution in [2.24, 2.45) is 0 Å². The molecule has 7 heteroatoms. The number of hydrogen-bond acceptors (Lipinski definition) is 6. The molecule has 0 bridgehead atoms. The molecule has 2 heterocycles. The van der Waals surface area contributed by atoms with Crippen LogP contribution in [0.3, 0.4) is 0 Å². The Hall–Kier alpha value is -2.12. The van der Waals surface area contributed by atoms with Crippen LogP contribution in [-0.4, -0.2) is 28.2 Å². The largest absolute Gasteiger partial charge is 0.496 e. The second-order valence-electron chi connectivity index (χ2n) is 5.75. The number of thioether (sulfide) groups is 1. The average Bonchev–Trinajstić information content (AvgIpc) is 3.10. The highest BCUT2D eigenvalue weighted by Gasteiger charge is 2.18. The molecule has 0 fully saturated rings. The van der Waals surface area contributed by atoms with Crippen molar-refractivity contribution in [2.45, 2.75) is 37.1 Å². The lowest BCUT2D eigenvalue weighted by atomic mass is 10.2. The number of aryl methyl sites for hydroxylation is 1. The van der Waals surface area contributed by atoms with E-state index in [2.05, 4.69) is 28.3 Å². The van der Waals surface area contributed by atoms with E-state index < -0.39 is 0 Å². The number of amides is 1. The highest BCUT2D eigenvalue weighted by molar-refractivity contribution is 8.00. The van der Waals surface area contributed by atoms with Gasteiger partial charge in [0.25, 0.3) is 0 Å². The maximum atomic E-state index is 12.5. The summed E-state index contributed by atoms with van der Waals surface area (Å²) in [5.74, 6) is 0.745. The van der Waals surface area contributed by atoms with Gasteiger partial charge in [0.2, 0.25) is 5.91 Å². The van der Waals surface area contributed by atoms with Gasteiger partial charge in [0.05, 0.1) is 12.4 Å². The summed E-state index contributed by atoms with van der Waals surface area (Å²) in [4.78, 5) is 23.5. The summed E-state index contributed by atoms with van der Waals surface area (Å²) in [7, 11) is 1.63. The maximum Gasteiger partial charge on any atom is 0.233 e. The van der Waals surface area contributed by atoms with Crippen molar-refractivity contribution < 1.29 is 9.53 Å². The molecule has 2 aromatic heterocycles. The van der Waals surface area contributed by atoms with Gasteiger partial charge in [0.15, 0.2) is 0 Å². The van der Waals surface area contributed by atoms with Crippen LogP contribution in [0.1, 0.15) is 24.3 Å². The van der Waals surface area contributed by atoms with E-state index in [9.17, 15) is 4.79 Å². The summed E-state index contributed by atoms with van der Waals surface area (Å²) in [6.45, 7) is 4.45. The van der Waals surface area contributed by atoms with Crippen LogP contribution in [0.5, 0.6) is 5.75 Å². The van der Waals surface area contributed by atoms with Gasteiger partial charge in [-0.2, -0.15) is 0 Å². The number of carbonyl (C=O) groups excluding carboxylic acids is 1. The van der Waals surface area contributed by atoms with Gasteiger partial charge in [-0.3, -0.25) is 4.79 Å². The summed E-state index contributed by atoms with van der Waals surface area (Å²) in [6, 6.07) is 9.81. The van der Waals surface area contributed by atoms with Crippen LogP contribution in [-0.2, 0) is 17.8 Å². The van der Waals surface area contributed by atoms with Crippen LogP contribution < -0.4 is 10.1 Å². The zero-order valence-corrected chi connectivity index (χ0v) is 16.6. The molecule has 136 valence electrons. The number of nitrogens with zero attached hydrogens (tertiary/aromatic N) is 2. The number of fused-ring (bicyclic) bond motifs is 1. The topological polar surface area (TPSA) is 64.1 Å². The van der Waals surface area contributed by atoms with Crippen LogP contribution in [0.25, 0.3) is 10.2 Å². The molecule has 0 spiro atoms. The highest BCUT2D eigenvalue weighted by Crippen LogP contribution is 2.33.